The lowest BCUT2D eigenvalue weighted by Crippen LogP contribution is -2.43. The number of piperidine rings is 1. The topological polar surface area (TPSA) is 165 Å². The van der Waals surface area contributed by atoms with E-state index >= 15 is 0 Å². The number of anilines is 2. The van der Waals surface area contributed by atoms with Crippen LogP contribution in [0.2, 0.25) is 0 Å². The van der Waals surface area contributed by atoms with Crippen molar-refractivity contribution in [3.05, 3.63) is 66.4 Å². The van der Waals surface area contributed by atoms with Crippen LogP contribution in [0.25, 0.3) is 28.0 Å². The van der Waals surface area contributed by atoms with E-state index in [9.17, 15) is 13.2 Å². The van der Waals surface area contributed by atoms with Crippen LogP contribution < -0.4 is 10.6 Å². The third kappa shape index (κ3) is 4.58. The number of sulfone groups is 1. The van der Waals surface area contributed by atoms with Crippen molar-refractivity contribution in [2.45, 2.75) is 48.6 Å². The number of fused-ring (bicyclic) bond motifs is 3. The fourth-order valence-electron chi connectivity index (χ4n) is 6.37. The molecule has 12 nitrogen and oxygen atoms in total. The molecular formula is C28H28ClN9O3S. The number of nitrogen functional groups attached to an aromatic ring is 1. The van der Waals surface area contributed by atoms with Crippen LogP contribution in [0.1, 0.15) is 47.9 Å². The summed E-state index contributed by atoms with van der Waals surface area (Å²) in [5.41, 5.74) is 10.8. The molecule has 2 aliphatic heterocycles. The molecule has 2 bridgehead atoms. The molecule has 2 fully saturated rings. The smallest absolute Gasteiger partial charge is 0.245 e. The molecule has 42 heavy (non-hydrogen) atoms. The molecule has 0 aliphatic carbocycles. The number of pyridine rings is 1. The summed E-state index contributed by atoms with van der Waals surface area (Å²) in [7, 11) is -3.72. The molecule has 3 atom stereocenters. The summed E-state index contributed by atoms with van der Waals surface area (Å²) in [5, 5.41) is 11.3. The zero-order valence-corrected chi connectivity index (χ0v) is 24.2. The quantitative estimate of drug-likeness (QED) is 0.272. The highest BCUT2D eigenvalue weighted by molar-refractivity contribution is 7.91. The van der Waals surface area contributed by atoms with E-state index in [2.05, 4.69) is 30.2 Å². The molecule has 216 valence electrons. The van der Waals surface area contributed by atoms with Crippen LogP contribution in [0.3, 0.4) is 0 Å². The number of hydrogen-bond donors (Lipinski definition) is 2. The number of carbonyl (C=O) groups excluding carboxylic acids is 1. The van der Waals surface area contributed by atoms with Gasteiger partial charge in [0, 0.05) is 47.1 Å². The highest BCUT2D eigenvalue weighted by Gasteiger charge is 2.44. The number of H-pyrrole nitrogens is 1. The van der Waals surface area contributed by atoms with Gasteiger partial charge in [0.15, 0.2) is 27.6 Å². The molecule has 7 rings (SSSR count). The Hall–Kier alpha value is -4.36. The van der Waals surface area contributed by atoms with Gasteiger partial charge < -0.3 is 10.6 Å². The van der Waals surface area contributed by atoms with Gasteiger partial charge in [0.2, 0.25) is 5.95 Å². The van der Waals surface area contributed by atoms with Gasteiger partial charge in [0.1, 0.15) is 10.7 Å². The van der Waals surface area contributed by atoms with Gasteiger partial charge in [-0.1, -0.05) is 36.4 Å². The van der Waals surface area contributed by atoms with E-state index in [4.69, 9.17) is 10.7 Å². The summed E-state index contributed by atoms with van der Waals surface area (Å²) in [4.78, 5) is 27.2. The molecule has 6 heterocycles. The zero-order chi connectivity index (χ0) is 28.3. The monoisotopic (exact) mass is 605 g/mol. The number of rotatable bonds is 6. The molecule has 0 spiro atoms. The van der Waals surface area contributed by atoms with Gasteiger partial charge in [-0.15, -0.1) is 17.5 Å². The Labute approximate surface area is 247 Å². The van der Waals surface area contributed by atoms with E-state index < -0.39 is 9.84 Å². The minimum absolute atomic E-state index is 0. The van der Waals surface area contributed by atoms with Gasteiger partial charge in [0.25, 0.3) is 0 Å². The van der Waals surface area contributed by atoms with Gasteiger partial charge >= 0.3 is 0 Å². The average molecular weight is 606 g/mol. The van der Waals surface area contributed by atoms with E-state index in [0.29, 0.717) is 42.0 Å². The normalized spacial score (nSPS) is 20.0. The van der Waals surface area contributed by atoms with Crippen LogP contribution in [0, 0.1) is 0 Å². The van der Waals surface area contributed by atoms with Crippen LogP contribution in [0.5, 0.6) is 0 Å². The first kappa shape index (κ1) is 27.8. The first-order chi connectivity index (χ1) is 19.8. The van der Waals surface area contributed by atoms with Crippen molar-refractivity contribution in [3.63, 3.8) is 0 Å². The van der Waals surface area contributed by atoms with Crippen molar-refractivity contribution >= 4 is 45.9 Å². The minimum Gasteiger partial charge on any atom is -0.382 e. The standard InChI is InChI=1S/C28H27N9O3S.ClH/c1-41(39,40)25-24(18-11-19-8-9-20(12-18)36(19)28-32-23(15-38)34-35-28)33-27-21(14-31-37(27)26(25)29)17-7-10-22(30-13-17)16-5-3-2-4-6-16;/h2-7,10,13-15,18-20H,8-9,11-12,29H2,1H3,(H,32,34,35);1H/t18?,19-,20+;. The highest BCUT2D eigenvalue weighted by Crippen LogP contribution is 2.46. The molecule has 14 heteroatoms. The molecule has 0 saturated carbocycles. The maximum Gasteiger partial charge on any atom is 0.245 e. The Kier molecular flexibility index (Phi) is 6.93. The molecule has 0 radical (unpaired) electrons. The molecule has 2 aliphatic rings. The van der Waals surface area contributed by atoms with E-state index in [1.54, 1.807) is 12.4 Å². The highest BCUT2D eigenvalue weighted by atomic mass is 35.5. The molecule has 0 amide bonds. The number of aldehydes is 1. The van der Waals surface area contributed by atoms with Crippen LogP contribution >= 0.6 is 12.4 Å². The molecule has 4 aromatic heterocycles. The predicted octanol–water partition coefficient (Wildman–Crippen LogP) is 3.71. The summed E-state index contributed by atoms with van der Waals surface area (Å²) < 4.78 is 27.5. The Morgan fingerprint density at radius 2 is 1.74 bits per heavy atom. The summed E-state index contributed by atoms with van der Waals surface area (Å²) in [6, 6.07) is 14.0. The molecule has 1 unspecified atom stereocenters. The fourth-order valence-corrected chi connectivity index (χ4v) is 7.43. The van der Waals surface area contributed by atoms with Crippen molar-refractivity contribution in [2.24, 2.45) is 0 Å². The van der Waals surface area contributed by atoms with Gasteiger partial charge in [0.05, 0.1) is 17.6 Å². The predicted molar refractivity (Wildman–Crippen MR) is 159 cm³/mol. The Morgan fingerprint density at radius 1 is 1.00 bits per heavy atom. The number of halogens is 1. The Morgan fingerprint density at radius 3 is 2.36 bits per heavy atom. The minimum atomic E-state index is -3.72. The van der Waals surface area contributed by atoms with E-state index in [1.165, 1.54) is 4.52 Å². The average Bonchev–Trinajstić information content (AvgIpc) is 3.68. The summed E-state index contributed by atoms with van der Waals surface area (Å²) >= 11 is 0. The third-order valence-corrected chi connectivity index (χ3v) is 9.29. The van der Waals surface area contributed by atoms with Crippen LogP contribution in [-0.2, 0) is 9.84 Å². The van der Waals surface area contributed by atoms with Crippen LogP contribution in [0.4, 0.5) is 11.8 Å². The number of hydrogen-bond acceptors (Lipinski definition) is 10. The Balaban J connectivity index is 0.00000316. The van der Waals surface area contributed by atoms with Crippen LogP contribution in [-0.4, -0.2) is 67.8 Å². The molecule has 2 saturated heterocycles. The number of nitrogens with one attached hydrogen (secondary N) is 1. The number of carbonyl (C=O) groups is 1. The summed E-state index contributed by atoms with van der Waals surface area (Å²) in [6.07, 6.45) is 8.35. The SMILES string of the molecule is CS(=O)(=O)c1c(C2C[C@H]3CC[C@@H](C2)N3c2n[nH]c(C=O)n2)nc2c(-c3ccc(-c4ccccc4)nc3)cnn2c1N.Cl. The first-order valence-corrected chi connectivity index (χ1v) is 15.3. The molecular weight excluding hydrogens is 578 g/mol. The van der Waals surface area contributed by atoms with Crippen molar-refractivity contribution < 1.29 is 13.2 Å². The third-order valence-electron chi connectivity index (χ3n) is 8.13. The Bertz CT molecular complexity index is 1880. The second-order valence-electron chi connectivity index (χ2n) is 10.7. The van der Waals surface area contributed by atoms with Gasteiger partial charge in [-0.3, -0.25) is 14.9 Å². The van der Waals surface area contributed by atoms with Crippen molar-refractivity contribution in [1.82, 2.24) is 34.8 Å². The zero-order valence-electron chi connectivity index (χ0n) is 22.6. The van der Waals surface area contributed by atoms with Gasteiger partial charge in [-0.05, 0) is 31.7 Å². The lowest BCUT2D eigenvalue weighted by molar-refractivity contribution is 0.111. The number of aromatic nitrogens is 7. The van der Waals surface area contributed by atoms with Gasteiger partial charge in [-0.2, -0.15) is 14.6 Å². The van der Waals surface area contributed by atoms with E-state index in [0.717, 1.165) is 35.9 Å². The summed E-state index contributed by atoms with van der Waals surface area (Å²) in [5.74, 6) is 0.577. The molecule has 5 aromatic rings. The lowest BCUT2D eigenvalue weighted by atomic mass is 9.88. The molecule has 1 aromatic carbocycles. The largest absolute Gasteiger partial charge is 0.382 e. The van der Waals surface area contributed by atoms with Crippen molar-refractivity contribution in [2.75, 3.05) is 16.9 Å². The van der Waals surface area contributed by atoms with Crippen molar-refractivity contribution in [3.8, 4) is 22.4 Å². The number of aromatic amines is 1. The van der Waals surface area contributed by atoms with Gasteiger partial charge in [-0.25, -0.2) is 13.4 Å². The first-order valence-electron chi connectivity index (χ1n) is 13.4. The fraction of sp³-hybridized carbons (Fsp3) is 0.286. The lowest BCUT2D eigenvalue weighted by Gasteiger charge is -2.38. The maximum absolute atomic E-state index is 13.1. The number of nitrogens with two attached hydrogens (primary N) is 1. The van der Waals surface area contributed by atoms with Crippen molar-refractivity contribution in [1.29, 1.82) is 0 Å². The van der Waals surface area contributed by atoms with E-state index in [-0.39, 0.29) is 46.9 Å². The van der Waals surface area contributed by atoms with Crippen LogP contribution in [0.15, 0.2) is 59.8 Å². The second kappa shape index (κ2) is 10.5. The maximum atomic E-state index is 13.1. The number of nitrogens with zero attached hydrogens (tertiary/aromatic N) is 7. The van der Waals surface area contributed by atoms with E-state index in [1.807, 2.05) is 42.5 Å². The number of benzene rings is 1. The molecule has 3 N–H and O–H groups in total. The summed E-state index contributed by atoms with van der Waals surface area (Å²) in [6.45, 7) is 0. The second-order valence-corrected chi connectivity index (χ2v) is 12.6.